The Morgan fingerprint density at radius 2 is 2.20 bits per heavy atom. The van der Waals surface area contributed by atoms with E-state index in [0.29, 0.717) is 11.8 Å². The molecular weight excluding hydrogens is 188 g/mol. The number of carbonyl (C=O) groups excluding carboxylic acids is 1. The van der Waals surface area contributed by atoms with Crippen LogP contribution in [0.25, 0.3) is 0 Å². The van der Waals surface area contributed by atoms with E-state index >= 15 is 0 Å². The Bertz CT molecular complexity index is 238. The Morgan fingerprint density at radius 1 is 1.60 bits per heavy atom. The van der Waals surface area contributed by atoms with Crippen LogP contribution >= 0.6 is 0 Å². The van der Waals surface area contributed by atoms with Crippen molar-refractivity contribution >= 4 is 5.91 Å². The highest BCUT2D eigenvalue weighted by molar-refractivity contribution is 5.79. The predicted molar refractivity (Wildman–Crippen MR) is 62.7 cm³/mol. The van der Waals surface area contributed by atoms with Crippen molar-refractivity contribution in [2.75, 3.05) is 20.1 Å². The van der Waals surface area contributed by atoms with Crippen LogP contribution in [0.15, 0.2) is 0 Å². The quantitative estimate of drug-likeness (QED) is 0.768. The highest BCUT2D eigenvalue weighted by Crippen LogP contribution is 2.33. The van der Waals surface area contributed by atoms with Gasteiger partial charge in [0.05, 0.1) is 0 Å². The van der Waals surface area contributed by atoms with Crippen molar-refractivity contribution in [3.63, 3.8) is 0 Å². The summed E-state index contributed by atoms with van der Waals surface area (Å²) in [6, 6.07) is 0. The lowest BCUT2D eigenvalue weighted by molar-refractivity contribution is -0.138. The van der Waals surface area contributed by atoms with E-state index in [0.717, 1.165) is 19.5 Å². The second-order valence-electron chi connectivity index (χ2n) is 5.53. The number of carbonyl (C=O) groups is 1. The van der Waals surface area contributed by atoms with E-state index in [-0.39, 0.29) is 11.5 Å². The molecule has 3 nitrogen and oxygen atoms in total. The highest BCUT2D eigenvalue weighted by atomic mass is 16.2. The highest BCUT2D eigenvalue weighted by Gasteiger charge is 2.40. The molecule has 1 saturated heterocycles. The lowest BCUT2D eigenvalue weighted by Gasteiger charge is -2.33. The van der Waals surface area contributed by atoms with E-state index in [9.17, 15) is 4.79 Å². The molecule has 0 radical (unpaired) electrons. The summed E-state index contributed by atoms with van der Waals surface area (Å²) in [5, 5.41) is 3.06. The van der Waals surface area contributed by atoms with Gasteiger partial charge in [-0.3, -0.25) is 4.79 Å². The van der Waals surface area contributed by atoms with Crippen molar-refractivity contribution in [2.45, 2.75) is 39.7 Å². The minimum atomic E-state index is 0.0402. The molecule has 0 saturated carbocycles. The van der Waals surface area contributed by atoms with Gasteiger partial charge >= 0.3 is 0 Å². The Kier molecular flexibility index (Phi) is 3.77. The van der Waals surface area contributed by atoms with Crippen molar-refractivity contribution in [3.05, 3.63) is 0 Å². The monoisotopic (exact) mass is 212 g/mol. The molecule has 2 atom stereocenters. The molecule has 1 rings (SSSR count). The SMILES string of the molecule is CNCC(C)C(=O)N1CC(C)CC1(C)C. The van der Waals surface area contributed by atoms with Gasteiger partial charge in [0, 0.05) is 24.5 Å². The van der Waals surface area contributed by atoms with Crippen LogP contribution in [0.2, 0.25) is 0 Å². The van der Waals surface area contributed by atoms with E-state index < -0.39 is 0 Å². The third kappa shape index (κ3) is 2.71. The average Bonchev–Trinajstić information content (AvgIpc) is 2.38. The molecule has 0 aliphatic carbocycles. The molecule has 1 aliphatic rings. The summed E-state index contributed by atoms with van der Waals surface area (Å²) < 4.78 is 0. The molecule has 0 aromatic heterocycles. The molecule has 1 fully saturated rings. The minimum Gasteiger partial charge on any atom is -0.337 e. The van der Waals surface area contributed by atoms with Crippen molar-refractivity contribution in [1.82, 2.24) is 10.2 Å². The van der Waals surface area contributed by atoms with E-state index in [4.69, 9.17) is 0 Å². The van der Waals surface area contributed by atoms with Gasteiger partial charge in [0.1, 0.15) is 0 Å². The van der Waals surface area contributed by atoms with Gasteiger partial charge in [-0.2, -0.15) is 0 Å². The third-order valence-corrected chi connectivity index (χ3v) is 3.27. The number of likely N-dealkylation sites (tertiary alicyclic amines) is 1. The summed E-state index contributed by atoms with van der Waals surface area (Å²) in [4.78, 5) is 14.2. The number of amides is 1. The zero-order valence-electron chi connectivity index (χ0n) is 10.6. The average molecular weight is 212 g/mol. The first-order valence-electron chi connectivity index (χ1n) is 5.84. The van der Waals surface area contributed by atoms with E-state index in [1.165, 1.54) is 0 Å². The summed E-state index contributed by atoms with van der Waals surface area (Å²) in [5.41, 5.74) is 0.0402. The summed E-state index contributed by atoms with van der Waals surface area (Å²) in [7, 11) is 1.89. The van der Waals surface area contributed by atoms with E-state index in [2.05, 4.69) is 31.0 Å². The topological polar surface area (TPSA) is 32.3 Å². The van der Waals surface area contributed by atoms with Crippen molar-refractivity contribution in [3.8, 4) is 0 Å². The van der Waals surface area contributed by atoms with Gasteiger partial charge in [0.15, 0.2) is 0 Å². The lowest BCUT2D eigenvalue weighted by Crippen LogP contribution is -2.46. The van der Waals surface area contributed by atoms with Crippen LogP contribution in [-0.2, 0) is 4.79 Å². The van der Waals surface area contributed by atoms with Crippen LogP contribution in [0.4, 0.5) is 0 Å². The van der Waals surface area contributed by atoms with Crippen LogP contribution in [0.3, 0.4) is 0 Å². The van der Waals surface area contributed by atoms with Gasteiger partial charge in [-0.1, -0.05) is 13.8 Å². The fourth-order valence-corrected chi connectivity index (χ4v) is 2.63. The largest absolute Gasteiger partial charge is 0.337 e. The summed E-state index contributed by atoms with van der Waals surface area (Å²) in [5.74, 6) is 1.00. The Labute approximate surface area is 93.2 Å². The molecule has 2 unspecified atom stereocenters. The first-order chi connectivity index (χ1) is 6.88. The number of nitrogens with one attached hydrogen (secondary N) is 1. The van der Waals surface area contributed by atoms with E-state index in [1.54, 1.807) is 0 Å². The Hall–Kier alpha value is -0.570. The van der Waals surface area contributed by atoms with Crippen LogP contribution in [0.5, 0.6) is 0 Å². The maximum Gasteiger partial charge on any atom is 0.227 e. The number of nitrogens with zero attached hydrogens (tertiary/aromatic N) is 1. The van der Waals surface area contributed by atoms with Gasteiger partial charge in [0.2, 0.25) is 5.91 Å². The first-order valence-corrected chi connectivity index (χ1v) is 5.84. The smallest absolute Gasteiger partial charge is 0.227 e. The molecule has 88 valence electrons. The molecular formula is C12H24N2O. The Balaban J connectivity index is 2.67. The van der Waals surface area contributed by atoms with Crippen LogP contribution in [0.1, 0.15) is 34.1 Å². The minimum absolute atomic E-state index is 0.0402. The fourth-order valence-electron chi connectivity index (χ4n) is 2.63. The molecule has 0 aromatic rings. The first kappa shape index (κ1) is 12.5. The maximum atomic E-state index is 12.2. The molecule has 1 amide bonds. The van der Waals surface area contributed by atoms with Gasteiger partial charge in [-0.05, 0) is 33.2 Å². The lowest BCUT2D eigenvalue weighted by atomic mass is 9.97. The number of hydrogen-bond acceptors (Lipinski definition) is 2. The molecule has 1 N–H and O–H groups in total. The second-order valence-corrected chi connectivity index (χ2v) is 5.53. The van der Waals surface area contributed by atoms with Gasteiger partial charge in [-0.15, -0.1) is 0 Å². The summed E-state index contributed by atoms with van der Waals surface area (Å²) in [6.45, 7) is 10.2. The van der Waals surface area contributed by atoms with Crippen LogP contribution < -0.4 is 5.32 Å². The van der Waals surface area contributed by atoms with Gasteiger partial charge in [0.25, 0.3) is 0 Å². The van der Waals surface area contributed by atoms with E-state index in [1.807, 2.05) is 14.0 Å². The van der Waals surface area contributed by atoms with Crippen LogP contribution in [-0.4, -0.2) is 36.5 Å². The molecule has 0 aromatic carbocycles. The van der Waals surface area contributed by atoms with Gasteiger partial charge < -0.3 is 10.2 Å². The van der Waals surface area contributed by atoms with Crippen molar-refractivity contribution < 1.29 is 4.79 Å². The molecule has 0 spiro atoms. The fraction of sp³-hybridized carbons (Fsp3) is 0.917. The van der Waals surface area contributed by atoms with Crippen LogP contribution in [0, 0.1) is 11.8 Å². The zero-order chi connectivity index (χ0) is 11.6. The maximum absolute atomic E-state index is 12.2. The predicted octanol–water partition coefficient (Wildman–Crippen LogP) is 1.49. The molecule has 1 aliphatic heterocycles. The molecule has 1 heterocycles. The van der Waals surface area contributed by atoms with Crippen molar-refractivity contribution in [1.29, 1.82) is 0 Å². The van der Waals surface area contributed by atoms with Crippen molar-refractivity contribution in [2.24, 2.45) is 11.8 Å². The van der Waals surface area contributed by atoms with Gasteiger partial charge in [-0.25, -0.2) is 0 Å². The molecule has 3 heteroatoms. The Morgan fingerprint density at radius 3 is 2.60 bits per heavy atom. The summed E-state index contributed by atoms with van der Waals surface area (Å²) >= 11 is 0. The third-order valence-electron chi connectivity index (χ3n) is 3.27. The summed E-state index contributed by atoms with van der Waals surface area (Å²) in [6.07, 6.45) is 1.12. The standard InChI is InChI=1S/C12H24N2O/c1-9-6-12(3,4)14(8-9)11(15)10(2)7-13-5/h9-10,13H,6-8H2,1-5H3. The normalized spacial score (nSPS) is 26.7. The molecule has 0 bridgehead atoms. The number of rotatable bonds is 3. The second kappa shape index (κ2) is 4.52. The molecule has 15 heavy (non-hydrogen) atoms. The number of hydrogen-bond donors (Lipinski definition) is 1. The zero-order valence-corrected chi connectivity index (χ0v) is 10.6.